The lowest BCUT2D eigenvalue weighted by Gasteiger charge is -1.98. The van der Waals surface area contributed by atoms with E-state index in [1.807, 2.05) is 19.1 Å². The van der Waals surface area contributed by atoms with Gasteiger partial charge in [-0.25, -0.2) is 4.98 Å². The summed E-state index contributed by atoms with van der Waals surface area (Å²) in [6.45, 7) is 2.21. The van der Waals surface area contributed by atoms with Crippen molar-refractivity contribution in [1.82, 2.24) is 4.98 Å². The lowest BCUT2D eigenvalue weighted by Crippen LogP contribution is -3.00. The van der Waals surface area contributed by atoms with Crippen LogP contribution in [-0.2, 0) is 11.4 Å². The number of benzene rings is 1. The van der Waals surface area contributed by atoms with Crippen LogP contribution in [-0.4, -0.2) is 15.8 Å². The van der Waals surface area contributed by atoms with E-state index in [0.717, 1.165) is 11.3 Å². The predicted molar refractivity (Wildman–Crippen MR) is 72.6 cm³/mol. The fourth-order valence-corrected chi connectivity index (χ4v) is 1.56. The van der Waals surface area contributed by atoms with Gasteiger partial charge in [-0.05, 0) is 35.0 Å². The number of nitrogens with zero attached hydrogens (tertiary/aromatic N) is 2. The molecule has 2 N–H and O–H groups in total. The lowest BCUT2D eigenvalue weighted by atomic mass is 10.2. The minimum atomic E-state index is 0. The molecule has 0 aliphatic rings. The van der Waals surface area contributed by atoms with Gasteiger partial charge in [-0.2, -0.15) is 5.26 Å². The Morgan fingerprint density at radius 2 is 2.00 bits per heavy atom. The summed E-state index contributed by atoms with van der Waals surface area (Å²) in [5.41, 5.74) is 3.03. The van der Waals surface area contributed by atoms with Crippen LogP contribution < -0.4 is 17.6 Å². The van der Waals surface area contributed by atoms with E-state index in [9.17, 15) is 0 Å². The fraction of sp³-hybridized carbons (Fsp3) is 0.133. The Labute approximate surface area is 128 Å². The smallest absolute Gasteiger partial charge is 0.247 e. The van der Waals surface area contributed by atoms with Crippen LogP contribution in [0.2, 0.25) is 0 Å². The molecule has 0 aliphatic heterocycles. The molecule has 0 saturated heterocycles. The zero-order valence-corrected chi connectivity index (χ0v) is 12.1. The molecule has 1 aromatic heterocycles. The van der Waals surface area contributed by atoms with Gasteiger partial charge in [0.25, 0.3) is 0 Å². The highest BCUT2D eigenvalue weighted by atomic mass is 35.5. The zero-order valence-electron chi connectivity index (χ0n) is 11.4. The Kier molecular flexibility index (Phi) is 6.18. The number of rotatable bonds is 4. The van der Waals surface area contributed by atoms with Crippen LogP contribution in [0.3, 0.4) is 0 Å². The van der Waals surface area contributed by atoms with Gasteiger partial charge in [0, 0.05) is 6.92 Å². The highest BCUT2D eigenvalue weighted by Gasteiger charge is 2.06. The summed E-state index contributed by atoms with van der Waals surface area (Å²) < 4.78 is 0. The van der Waals surface area contributed by atoms with Crippen molar-refractivity contribution in [2.24, 2.45) is 0 Å². The second kappa shape index (κ2) is 7.88. The van der Waals surface area contributed by atoms with Crippen molar-refractivity contribution in [2.45, 2.75) is 13.5 Å². The standard InChI is InChI=1S/C15H13N3O2.ClH/c1-11(15-7-6-14(19)9-17-15)18-20-10-13-4-2-12(8-16)3-5-13;/h2-7,9,19H,10H2,1H3;1H. The van der Waals surface area contributed by atoms with Gasteiger partial charge < -0.3 is 17.5 Å². The molecule has 0 saturated carbocycles. The van der Waals surface area contributed by atoms with E-state index in [4.69, 9.17) is 15.2 Å². The van der Waals surface area contributed by atoms with E-state index in [-0.39, 0.29) is 18.2 Å². The Morgan fingerprint density at radius 3 is 2.57 bits per heavy atom. The minimum absolute atomic E-state index is 0. The quantitative estimate of drug-likeness (QED) is 0.491. The Morgan fingerprint density at radius 1 is 1.29 bits per heavy atom. The summed E-state index contributed by atoms with van der Waals surface area (Å²) in [6, 6.07) is 12.5. The van der Waals surface area contributed by atoms with Crippen LogP contribution in [0.25, 0.3) is 0 Å². The molecule has 0 fully saturated rings. The van der Waals surface area contributed by atoms with Gasteiger partial charge in [-0.1, -0.05) is 12.1 Å². The molecule has 108 valence electrons. The molecule has 1 heterocycles. The van der Waals surface area contributed by atoms with Crippen molar-refractivity contribution >= 4 is 5.71 Å². The van der Waals surface area contributed by atoms with Crippen LogP contribution in [0, 0.1) is 11.3 Å². The summed E-state index contributed by atoms with van der Waals surface area (Å²) in [5, 5.41) is 20.7. The van der Waals surface area contributed by atoms with E-state index in [0.29, 0.717) is 17.9 Å². The van der Waals surface area contributed by atoms with Crippen molar-refractivity contribution in [3.05, 3.63) is 59.4 Å². The second-order valence-corrected chi connectivity index (χ2v) is 4.23. The fourth-order valence-electron chi connectivity index (χ4n) is 1.56. The van der Waals surface area contributed by atoms with Gasteiger partial charge in [0.15, 0.2) is 6.61 Å². The molecule has 2 aromatic rings. The Bertz CT molecular complexity index is 646. The highest BCUT2D eigenvalue weighted by molar-refractivity contribution is 5.92. The van der Waals surface area contributed by atoms with Crippen LogP contribution in [0.1, 0.15) is 23.7 Å². The number of nitrogens with one attached hydrogen (secondary N) is 1. The number of aromatic hydroxyl groups is 1. The molecule has 0 unspecified atom stereocenters. The van der Waals surface area contributed by atoms with Crippen molar-refractivity contribution in [3.63, 3.8) is 0 Å². The maximum Gasteiger partial charge on any atom is 0.247 e. The Hall–Kier alpha value is -2.58. The zero-order chi connectivity index (χ0) is 14.4. The van der Waals surface area contributed by atoms with E-state index in [2.05, 4.69) is 16.2 Å². The third-order valence-electron chi connectivity index (χ3n) is 2.68. The third-order valence-corrected chi connectivity index (χ3v) is 2.68. The van der Waals surface area contributed by atoms with E-state index < -0.39 is 0 Å². The summed E-state index contributed by atoms with van der Waals surface area (Å²) in [4.78, 5) is 9.43. The molecule has 5 nitrogen and oxygen atoms in total. The largest absolute Gasteiger partial charge is 1.00 e. The average Bonchev–Trinajstić information content (AvgIpc) is 2.48. The summed E-state index contributed by atoms with van der Waals surface area (Å²) in [5.74, 6) is 0.125. The molecule has 21 heavy (non-hydrogen) atoms. The molecule has 0 bridgehead atoms. The SMILES string of the molecule is CC(=[NH+]OCc1ccc(C#N)cc1)c1ccc(O)cn1.[Cl-]. The number of nitriles is 1. The van der Waals surface area contributed by atoms with Gasteiger partial charge in [0.2, 0.25) is 5.71 Å². The topological polar surface area (TPSA) is 80.1 Å². The Balaban J connectivity index is 0.00000220. The normalized spacial score (nSPS) is 10.4. The van der Waals surface area contributed by atoms with Gasteiger partial charge in [0.1, 0.15) is 11.4 Å². The molecule has 6 heteroatoms. The maximum atomic E-state index is 9.16. The molecule has 0 radical (unpaired) electrons. The van der Waals surface area contributed by atoms with Crippen molar-refractivity contribution in [3.8, 4) is 11.8 Å². The van der Waals surface area contributed by atoms with Crippen molar-refractivity contribution < 1.29 is 27.5 Å². The molecular formula is C15H14ClN3O2. The van der Waals surface area contributed by atoms with Crippen LogP contribution in [0.4, 0.5) is 0 Å². The summed E-state index contributed by atoms with van der Waals surface area (Å²) >= 11 is 0. The molecular weight excluding hydrogens is 290 g/mol. The third kappa shape index (κ3) is 4.79. The van der Waals surface area contributed by atoms with E-state index in [1.165, 1.54) is 6.20 Å². The number of aromatic nitrogens is 1. The van der Waals surface area contributed by atoms with Gasteiger partial charge in [-0.3, -0.25) is 4.84 Å². The number of halogens is 1. The maximum absolute atomic E-state index is 9.16. The van der Waals surface area contributed by atoms with E-state index >= 15 is 0 Å². The van der Waals surface area contributed by atoms with Crippen LogP contribution in [0.15, 0.2) is 42.6 Å². The minimum Gasteiger partial charge on any atom is -1.00 e. The first-order valence-electron chi connectivity index (χ1n) is 6.05. The van der Waals surface area contributed by atoms with Gasteiger partial charge >= 0.3 is 0 Å². The van der Waals surface area contributed by atoms with Crippen LogP contribution in [0.5, 0.6) is 5.75 Å². The number of pyridine rings is 1. The molecule has 0 atom stereocenters. The molecule has 0 spiro atoms. The highest BCUT2D eigenvalue weighted by Crippen LogP contribution is 2.05. The first-order chi connectivity index (χ1) is 9.69. The summed E-state index contributed by atoms with van der Waals surface area (Å²) in [7, 11) is 0. The summed E-state index contributed by atoms with van der Waals surface area (Å²) in [6.07, 6.45) is 1.38. The average molecular weight is 304 g/mol. The predicted octanol–water partition coefficient (Wildman–Crippen LogP) is -2.32. The first kappa shape index (κ1) is 16.5. The molecule has 0 aliphatic carbocycles. The monoisotopic (exact) mass is 303 g/mol. The lowest BCUT2D eigenvalue weighted by molar-refractivity contribution is -0.758. The van der Waals surface area contributed by atoms with Gasteiger partial charge in [-0.15, -0.1) is 0 Å². The molecule has 1 aromatic carbocycles. The van der Waals surface area contributed by atoms with Crippen molar-refractivity contribution in [1.29, 1.82) is 5.26 Å². The van der Waals surface area contributed by atoms with Crippen molar-refractivity contribution in [2.75, 3.05) is 0 Å². The van der Waals surface area contributed by atoms with Gasteiger partial charge in [0.05, 0.1) is 17.8 Å². The van der Waals surface area contributed by atoms with E-state index in [1.54, 1.807) is 24.3 Å². The number of hydrogen-bond donors (Lipinski definition) is 2. The molecule has 0 amide bonds. The first-order valence-corrected chi connectivity index (χ1v) is 6.05. The number of hydrogen-bond acceptors (Lipinski definition) is 4. The van der Waals surface area contributed by atoms with Crippen LogP contribution >= 0.6 is 0 Å². The second-order valence-electron chi connectivity index (χ2n) is 4.23. The molecule has 2 rings (SSSR count).